The second-order valence-electron chi connectivity index (χ2n) is 5.52. The van der Waals surface area contributed by atoms with Crippen LogP contribution < -0.4 is 10.6 Å². The van der Waals surface area contributed by atoms with E-state index < -0.39 is 0 Å². The fourth-order valence-electron chi connectivity index (χ4n) is 2.98. The highest BCUT2D eigenvalue weighted by atomic mass is 79.9. The number of hydrogen-bond donors (Lipinski definition) is 2. The first-order valence-electron chi connectivity index (χ1n) is 7.61. The van der Waals surface area contributed by atoms with Crippen molar-refractivity contribution in [2.45, 2.75) is 32.4 Å². The summed E-state index contributed by atoms with van der Waals surface area (Å²) in [5, 5.41) is 7.21. The molecule has 0 saturated heterocycles. The Morgan fingerprint density at radius 1 is 1.19 bits per heavy atom. The van der Waals surface area contributed by atoms with E-state index in [1.54, 1.807) is 0 Å². The minimum absolute atomic E-state index is 0.398. The van der Waals surface area contributed by atoms with Gasteiger partial charge in [0.25, 0.3) is 0 Å². The van der Waals surface area contributed by atoms with Gasteiger partial charge in [0.1, 0.15) is 0 Å². The molecule has 0 aliphatic carbocycles. The normalized spacial score (nSPS) is 14.6. The quantitative estimate of drug-likeness (QED) is 0.824. The van der Waals surface area contributed by atoms with E-state index in [4.69, 9.17) is 0 Å². The highest BCUT2D eigenvalue weighted by molar-refractivity contribution is 9.10. The minimum atomic E-state index is 0.398. The van der Waals surface area contributed by atoms with Gasteiger partial charge < -0.3 is 10.6 Å². The molecule has 1 atom stereocenters. The van der Waals surface area contributed by atoms with Crippen molar-refractivity contribution in [1.29, 1.82) is 0 Å². The Hall–Kier alpha value is -1.32. The first-order chi connectivity index (χ1) is 10.3. The molecule has 21 heavy (non-hydrogen) atoms. The Labute approximate surface area is 135 Å². The monoisotopic (exact) mass is 344 g/mol. The van der Waals surface area contributed by atoms with E-state index in [0.717, 1.165) is 30.4 Å². The van der Waals surface area contributed by atoms with Crippen LogP contribution in [0.2, 0.25) is 0 Å². The van der Waals surface area contributed by atoms with Crippen LogP contribution in [0.4, 0.5) is 5.69 Å². The van der Waals surface area contributed by atoms with Crippen LogP contribution in [0.5, 0.6) is 0 Å². The van der Waals surface area contributed by atoms with Gasteiger partial charge in [0, 0.05) is 29.3 Å². The van der Waals surface area contributed by atoms with E-state index in [2.05, 4.69) is 76.0 Å². The van der Waals surface area contributed by atoms with Crippen LogP contribution in [0.3, 0.4) is 0 Å². The SMILES string of the molecule is CCC(NCc1cccc2c1NCC2)c1ccc(Br)cc1. The molecule has 0 fully saturated rings. The number of anilines is 1. The molecule has 3 rings (SSSR count). The molecule has 1 heterocycles. The van der Waals surface area contributed by atoms with Gasteiger partial charge in [0.05, 0.1) is 0 Å². The predicted molar refractivity (Wildman–Crippen MR) is 92.6 cm³/mol. The van der Waals surface area contributed by atoms with Gasteiger partial charge in [-0.1, -0.05) is 53.2 Å². The number of rotatable bonds is 5. The van der Waals surface area contributed by atoms with Gasteiger partial charge in [0.2, 0.25) is 0 Å². The summed E-state index contributed by atoms with van der Waals surface area (Å²) in [7, 11) is 0. The van der Waals surface area contributed by atoms with Gasteiger partial charge in [-0.2, -0.15) is 0 Å². The molecule has 2 aromatic rings. The smallest absolute Gasteiger partial charge is 0.0419 e. The number of fused-ring (bicyclic) bond motifs is 1. The van der Waals surface area contributed by atoms with Crippen molar-refractivity contribution >= 4 is 21.6 Å². The van der Waals surface area contributed by atoms with Crippen LogP contribution in [-0.2, 0) is 13.0 Å². The topological polar surface area (TPSA) is 24.1 Å². The zero-order valence-electron chi connectivity index (χ0n) is 12.3. The second-order valence-corrected chi connectivity index (χ2v) is 6.44. The summed E-state index contributed by atoms with van der Waals surface area (Å²) in [6, 6.07) is 15.6. The average molecular weight is 345 g/mol. The lowest BCUT2D eigenvalue weighted by Crippen LogP contribution is -2.20. The molecule has 1 aliphatic heterocycles. The minimum Gasteiger partial charge on any atom is -0.384 e. The summed E-state index contributed by atoms with van der Waals surface area (Å²) in [4.78, 5) is 0. The maximum absolute atomic E-state index is 3.70. The molecule has 0 aromatic heterocycles. The second kappa shape index (κ2) is 6.63. The van der Waals surface area contributed by atoms with Crippen LogP contribution in [-0.4, -0.2) is 6.54 Å². The first kappa shape index (κ1) is 14.6. The van der Waals surface area contributed by atoms with E-state index in [9.17, 15) is 0 Å². The van der Waals surface area contributed by atoms with Crippen molar-refractivity contribution in [3.05, 3.63) is 63.6 Å². The molecule has 2 nitrogen and oxygen atoms in total. The third-order valence-corrected chi connectivity index (χ3v) is 4.68. The Morgan fingerprint density at radius 3 is 2.76 bits per heavy atom. The molecule has 0 saturated carbocycles. The number of hydrogen-bond acceptors (Lipinski definition) is 2. The van der Waals surface area contributed by atoms with Crippen molar-refractivity contribution < 1.29 is 0 Å². The zero-order chi connectivity index (χ0) is 14.7. The van der Waals surface area contributed by atoms with E-state index >= 15 is 0 Å². The Morgan fingerprint density at radius 2 is 2.00 bits per heavy atom. The molecule has 1 aliphatic rings. The molecular formula is C18H21BrN2. The lowest BCUT2D eigenvalue weighted by atomic mass is 10.0. The molecule has 0 spiro atoms. The van der Waals surface area contributed by atoms with Gasteiger partial charge in [0.15, 0.2) is 0 Å². The lowest BCUT2D eigenvalue weighted by Gasteiger charge is -2.19. The average Bonchev–Trinajstić information content (AvgIpc) is 2.99. The zero-order valence-corrected chi connectivity index (χ0v) is 13.9. The maximum atomic E-state index is 3.70. The van der Waals surface area contributed by atoms with E-state index in [0.29, 0.717) is 6.04 Å². The Kier molecular flexibility index (Phi) is 4.61. The van der Waals surface area contributed by atoms with Crippen molar-refractivity contribution in [3.8, 4) is 0 Å². The molecule has 110 valence electrons. The number of halogens is 1. The van der Waals surface area contributed by atoms with Crippen LogP contribution in [0.1, 0.15) is 36.1 Å². The van der Waals surface area contributed by atoms with Crippen molar-refractivity contribution in [3.63, 3.8) is 0 Å². The fraction of sp³-hybridized carbons (Fsp3) is 0.333. The van der Waals surface area contributed by atoms with Crippen molar-refractivity contribution in [1.82, 2.24) is 5.32 Å². The molecule has 3 heteroatoms. The van der Waals surface area contributed by atoms with Crippen LogP contribution in [0.15, 0.2) is 46.9 Å². The van der Waals surface area contributed by atoms with E-state index in [-0.39, 0.29) is 0 Å². The fourth-order valence-corrected chi connectivity index (χ4v) is 3.25. The Balaban J connectivity index is 1.71. The molecule has 1 unspecified atom stereocenters. The van der Waals surface area contributed by atoms with Gasteiger partial charge in [-0.3, -0.25) is 0 Å². The summed E-state index contributed by atoms with van der Waals surface area (Å²) < 4.78 is 1.13. The summed E-state index contributed by atoms with van der Waals surface area (Å²) in [5.74, 6) is 0. The number of nitrogens with one attached hydrogen (secondary N) is 2. The summed E-state index contributed by atoms with van der Waals surface area (Å²) in [5.41, 5.74) is 5.52. The highest BCUT2D eigenvalue weighted by Crippen LogP contribution is 2.27. The molecule has 2 N–H and O–H groups in total. The van der Waals surface area contributed by atoms with Crippen molar-refractivity contribution in [2.24, 2.45) is 0 Å². The summed E-state index contributed by atoms with van der Waals surface area (Å²) in [6.45, 7) is 4.20. The van der Waals surface area contributed by atoms with Gasteiger partial charge in [-0.05, 0) is 41.7 Å². The van der Waals surface area contributed by atoms with Crippen LogP contribution >= 0.6 is 15.9 Å². The standard InChI is InChI=1S/C18H21BrN2/c1-2-17(13-6-8-16(19)9-7-13)21-12-15-5-3-4-14-10-11-20-18(14)15/h3-9,17,20-21H,2,10-12H2,1H3. The highest BCUT2D eigenvalue weighted by Gasteiger charge is 2.15. The molecule has 2 aromatic carbocycles. The number of benzene rings is 2. The molecular weight excluding hydrogens is 324 g/mol. The molecule has 0 radical (unpaired) electrons. The van der Waals surface area contributed by atoms with Gasteiger partial charge >= 0.3 is 0 Å². The van der Waals surface area contributed by atoms with Gasteiger partial charge in [-0.25, -0.2) is 0 Å². The van der Waals surface area contributed by atoms with Crippen LogP contribution in [0.25, 0.3) is 0 Å². The molecule has 0 amide bonds. The summed E-state index contributed by atoms with van der Waals surface area (Å²) >= 11 is 3.50. The first-order valence-corrected chi connectivity index (χ1v) is 8.40. The maximum Gasteiger partial charge on any atom is 0.0419 e. The molecule has 0 bridgehead atoms. The lowest BCUT2D eigenvalue weighted by molar-refractivity contribution is 0.519. The largest absolute Gasteiger partial charge is 0.384 e. The Bertz CT molecular complexity index is 607. The third-order valence-electron chi connectivity index (χ3n) is 4.15. The van der Waals surface area contributed by atoms with Crippen LogP contribution in [0, 0.1) is 0 Å². The van der Waals surface area contributed by atoms with Gasteiger partial charge in [-0.15, -0.1) is 0 Å². The number of para-hydroxylation sites is 1. The van der Waals surface area contributed by atoms with Crippen molar-refractivity contribution in [2.75, 3.05) is 11.9 Å². The third kappa shape index (κ3) is 3.30. The predicted octanol–water partition coefficient (Wildman–Crippen LogP) is 4.66. The summed E-state index contributed by atoms with van der Waals surface area (Å²) in [6.07, 6.45) is 2.23. The van der Waals surface area contributed by atoms with E-state index in [1.807, 2.05) is 0 Å². The van der Waals surface area contributed by atoms with E-state index in [1.165, 1.54) is 22.4 Å².